The van der Waals surface area contributed by atoms with Crippen molar-refractivity contribution in [2.75, 3.05) is 0 Å². The van der Waals surface area contributed by atoms with E-state index in [0.29, 0.717) is 11.0 Å². The second kappa shape index (κ2) is 5.01. The van der Waals surface area contributed by atoms with Gasteiger partial charge in [-0.05, 0) is 34.5 Å². The maximum absolute atomic E-state index is 11.6. The fourth-order valence-electron chi connectivity index (χ4n) is 1.47. The Labute approximate surface area is 110 Å². The number of nitrogens with one attached hydrogen (secondary N) is 1. The average molecular weight is 315 g/mol. The lowest BCUT2D eigenvalue weighted by molar-refractivity contribution is 0.724. The van der Waals surface area contributed by atoms with Crippen LogP contribution in [-0.2, 0) is 13.0 Å². The number of hydrogen-bond donors (Lipinski definition) is 1. The van der Waals surface area contributed by atoms with E-state index in [1.807, 2.05) is 6.07 Å². The number of rotatable bonds is 3. The van der Waals surface area contributed by atoms with E-state index in [4.69, 9.17) is 0 Å². The molecular weight excluding hydrogens is 304 g/mol. The van der Waals surface area contributed by atoms with Gasteiger partial charge in [0.15, 0.2) is 0 Å². The highest BCUT2D eigenvalue weighted by Crippen LogP contribution is 2.17. The van der Waals surface area contributed by atoms with Crippen molar-refractivity contribution in [2.45, 2.75) is 19.9 Å². The summed E-state index contributed by atoms with van der Waals surface area (Å²) < 4.78 is 1.85. The summed E-state index contributed by atoms with van der Waals surface area (Å²) in [5.74, 6) is 0. The fraction of sp³-hybridized carbons (Fsp3) is 0.273. The van der Waals surface area contributed by atoms with Crippen molar-refractivity contribution in [2.24, 2.45) is 0 Å². The Kier molecular flexibility index (Phi) is 3.63. The maximum atomic E-state index is 11.6. The number of halogens is 1. The van der Waals surface area contributed by atoms with Gasteiger partial charge in [0.05, 0.1) is 11.0 Å². The Bertz CT molecular complexity index is 641. The molecule has 2 heterocycles. The van der Waals surface area contributed by atoms with Gasteiger partial charge in [0.1, 0.15) is 0 Å². The van der Waals surface area contributed by atoms with Crippen molar-refractivity contribution in [1.82, 2.24) is 9.55 Å². The zero-order valence-corrected chi connectivity index (χ0v) is 11.6. The Morgan fingerprint density at radius 2 is 2.06 bits per heavy atom. The van der Waals surface area contributed by atoms with Gasteiger partial charge in [-0.25, -0.2) is 4.79 Å². The molecule has 4 nitrogen and oxygen atoms in total. The molecule has 2 aromatic rings. The van der Waals surface area contributed by atoms with Gasteiger partial charge in [-0.15, -0.1) is 11.3 Å². The molecule has 0 unspecified atom stereocenters. The van der Waals surface area contributed by atoms with E-state index in [1.165, 1.54) is 15.6 Å². The van der Waals surface area contributed by atoms with Crippen LogP contribution in [0, 0.1) is 0 Å². The van der Waals surface area contributed by atoms with E-state index in [2.05, 4.69) is 33.9 Å². The molecule has 0 aliphatic heterocycles. The fourth-order valence-corrected chi connectivity index (χ4v) is 2.77. The molecule has 0 fully saturated rings. The van der Waals surface area contributed by atoms with Crippen molar-refractivity contribution in [1.29, 1.82) is 0 Å². The largest absolute Gasteiger partial charge is 0.328 e. The third-order valence-electron chi connectivity index (χ3n) is 2.36. The second-order valence-corrected chi connectivity index (χ2v) is 5.69. The first-order valence-corrected chi connectivity index (χ1v) is 6.78. The average Bonchev–Trinajstić information content (AvgIpc) is 2.73. The summed E-state index contributed by atoms with van der Waals surface area (Å²) in [5.41, 5.74) is -0.781. The smallest absolute Gasteiger partial charge is 0.294 e. The Balaban J connectivity index is 2.33. The first-order chi connectivity index (χ1) is 8.10. The molecule has 0 spiro atoms. The molecule has 2 rings (SSSR count). The SMILES string of the molecule is CCc1ccc(Cn2cc(Br)c(=O)[nH]c2=O)s1. The summed E-state index contributed by atoms with van der Waals surface area (Å²) in [6, 6.07) is 4.07. The van der Waals surface area contributed by atoms with Crippen molar-refractivity contribution in [3.63, 3.8) is 0 Å². The van der Waals surface area contributed by atoms with Crippen molar-refractivity contribution < 1.29 is 0 Å². The third kappa shape index (κ3) is 2.76. The van der Waals surface area contributed by atoms with E-state index < -0.39 is 5.56 Å². The molecule has 0 amide bonds. The van der Waals surface area contributed by atoms with Gasteiger partial charge in [-0.3, -0.25) is 14.3 Å². The highest BCUT2D eigenvalue weighted by molar-refractivity contribution is 9.10. The van der Waals surface area contributed by atoms with Gasteiger partial charge in [0.2, 0.25) is 0 Å². The standard InChI is InChI=1S/C11H11BrN2O2S/c1-2-7-3-4-8(17-7)5-14-6-9(12)10(15)13-11(14)16/h3-4,6H,2,5H2,1H3,(H,13,15,16). The molecule has 0 saturated heterocycles. The molecule has 1 N–H and O–H groups in total. The van der Waals surface area contributed by atoms with Crippen LogP contribution in [0.3, 0.4) is 0 Å². The number of thiophene rings is 1. The van der Waals surface area contributed by atoms with E-state index in [1.54, 1.807) is 11.3 Å². The van der Waals surface area contributed by atoms with Crippen LogP contribution in [0.25, 0.3) is 0 Å². The van der Waals surface area contributed by atoms with Crippen molar-refractivity contribution in [3.8, 4) is 0 Å². The highest BCUT2D eigenvalue weighted by atomic mass is 79.9. The van der Waals surface area contributed by atoms with Crippen LogP contribution >= 0.6 is 27.3 Å². The Morgan fingerprint density at radius 1 is 1.35 bits per heavy atom. The summed E-state index contributed by atoms with van der Waals surface area (Å²) in [6.45, 7) is 2.58. The Hall–Kier alpha value is -1.14. The van der Waals surface area contributed by atoms with Crippen LogP contribution in [0.2, 0.25) is 0 Å². The molecule has 0 radical (unpaired) electrons. The molecule has 0 atom stereocenters. The first-order valence-electron chi connectivity index (χ1n) is 5.17. The number of aryl methyl sites for hydroxylation is 1. The molecule has 90 valence electrons. The minimum absolute atomic E-state index is 0.365. The van der Waals surface area contributed by atoms with Gasteiger partial charge in [0.25, 0.3) is 5.56 Å². The quantitative estimate of drug-likeness (QED) is 0.941. The lowest BCUT2D eigenvalue weighted by atomic mass is 10.3. The van der Waals surface area contributed by atoms with E-state index in [9.17, 15) is 9.59 Å². The summed E-state index contributed by atoms with van der Waals surface area (Å²) in [7, 11) is 0. The van der Waals surface area contributed by atoms with Gasteiger partial charge in [-0.1, -0.05) is 6.92 Å². The summed E-state index contributed by atoms with van der Waals surface area (Å²) in [5, 5.41) is 0. The number of hydrogen-bond acceptors (Lipinski definition) is 3. The molecular formula is C11H11BrN2O2S. The Morgan fingerprint density at radius 3 is 2.71 bits per heavy atom. The van der Waals surface area contributed by atoms with Crippen LogP contribution in [0.5, 0.6) is 0 Å². The molecule has 0 bridgehead atoms. The molecule has 17 heavy (non-hydrogen) atoms. The zero-order chi connectivity index (χ0) is 12.4. The molecule has 0 saturated carbocycles. The van der Waals surface area contributed by atoms with Crippen LogP contribution in [0.15, 0.2) is 32.4 Å². The van der Waals surface area contributed by atoms with Gasteiger partial charge in [0, 0.05) is 16.0 Å². The van der Waals surface area contributed by atoms with Crippen LogP contribution in [0.1, 0.15) is 16.7 Å². The minimum Gasteiger partial charge on any atom is -0.294 e. The molecule has 0 aliphatic rings. The molecule has 2 aromatic heterocycles. The number of aromatic amines is 1. The lowest BCUT2D eigenvalue weighted by Gasteiger charge is -2.02. The number of H-pyrrole nitrogens is 1. The number of nitrogens with zero attached hydrogens (tertiary/aromatic N) is 1. The molecule has 0 aromatic carbocycles. The molecule has 0 aliphatic carbocycles. The monoisotopic (exact) mass is 314 g/mol. The van der Waals surface area contributed by atoms with Gasteiger partial charge < -0.3 is 0 Å². The van der Waals surface area contributed by atoms with Gasteiger partial charge >= 0.3 is 5.69 Å². The summed E-state index contributed by atoms with van der Waals surface area (Å²) >= 11 is 4.79. The normalized spacial score (nSPS) is 10.7. The first kappa shape index (κ1) is 12.3. The summed E-state index contributed by atoms with van der Waals surface area (Å²) in [6.07, 6.45) is 2.52. The van der Waals surface area contributed by atoms with Crippen LogP contribution in [-0.4, -0.2) is 9.55 Å². The maximum Gasteiger partial charge on any atom is 0.328 e. The lowest BCUT2D eigenvalue weighted by Crippen LogP contribution is -2.29. The zero-order valence-electron chi connectivity index (χ0n) is 9.20. The van der Waals surface area contributed by atoms with Crippen molar-refractivity contribution in [3.05, 3.63) is 53.4 Å². The molecule has 6 heteroatoms. The topological polar surface area (TPSA) is 54.9 Å². The predicted octanol–water partition coefficient (Wildman–Crippen LogP) is 1.97. The second-order valence-electron chi connectivity index (χ2n) is 3.59. The van der Waals surface area contributed by atoms with Crippen molar-refractivity contribution >= 4 is 27.3 Å². The van der Waals surface area contributed by atoms with Crippen LogP contribution in [0.4, 0.5) is 0 Å². The summed E-state index contributed by atoms with van der Waals surface area (Å²) in [4.78, 5) is 27.4. The van der Waals surface area contributed by atoms with Crippen LogP contribution < -0.4 is 11.2 Å². The van der Waals surface area contributed by atoms with E-state index >= 15 is 0 Å². The van der Waals surface area contributed by atoms with E-state index in [-0.39, 0.29) is 5.69 Å². The van der Waals surface area contributed by atoms with Gasteiger partial charge in [-0.2, -0.15) is 0 Å². The third-order valence-corrected chi connectivity index (χ3v) is 4.14. The highest BCUT2D eigenvalue weighted by Gasteiger charge is 2.04. The predicted molar refractivity (Wildman–Crippen MR) is 71.8 cm³/mol. The minimum atomic E-state index is -0.397. The number of aromatic nitrogens is 2. The van der Waals surface area contributed by atoms with E-state index in [0.717, 1.165) is 11.3 Å².